The minimum Gasteiger partial charge on any atom is -0.478 e. The molecule has 0 bridgehead atoms. The highest BCUT2D eigenvalue weighted by molar-refractivity contribution is 6.06. The molecule has 5 heterocycles. The molecule has 1 aliphatic carbocycles. The summed E-state index contributed by atoms with van der Waals surface area (Å²) in [5.41, 5.74) is 14.5. The van der Waals surface area contributed by atoms with Crippen LogP contribution >= 0.6 is 0 Å². The van der Waals surface area contributed by atoms with E-state index in [1.54, 1.807) is 12.4 Å². The monoisotopic (exact) mass is 889 g/mol. The maximum Gasteiger partial charge on any atom is 0.170 e. The van der Waals surface area contributed by atoms with Gasteiger partial charge >= 0.3 is 0 Å². The molecule has 69 heavy (non-hydrogen) atoms. The topological polar surface area (TPSA) is 96.1 Å². The number of ether oxygens (including phenoxy) is 2. The van der Waals surface area contributed by atoms with Crippen LogP contribution in [0.4, 0.5) is 0 Å². The molecule has 2 aliphatic rings. The Morgan fingerprint density at radius 1 is 0.333 bits per heavy atom. The van der Waals surface area contributed by atoms with Gasteiger partial charge in [-0.3, -0.25) is 9.97 Å². The lowest BCUT2D eigenvalue weighted by molar-refractivity contribution is 0.0769. The molecular weight excluding hydrogens is 851 g/mol. The minimum atomic E-state index is -0.262. The zero-order valence-corrected chi connectivity index (χ0v) is 37.0. The third kappa shape index (κ3) is 7.50. The second kappa shape index (κ2) is 16.9. The Morgan fingerprint density at radius 2 is 0.812 bits per heavy atom. The van der Waals surface area contributed by atoms with Crippen molar-refractivity contribution < 1.29 is 13.9 Å². The molecule has 13 rings (SSSR count). The fraction of sp³-hybridized carbons (Fsp3) is 0.0328. The van der Waals surface area contributed by atoms with E-state index in [0.717, 1.165) is 94.3 Å². The number of aromatic nitrogens is 5. The van der Waals surface area contributed by atoms with Crippen LogP contribution in [0.3, 0.4) is 0 Å². The van der Waals surface area contributed by atoms with Gasteiger partial charge in [0.2, 0.25) is 0 Å². The van der Waals surface area contributed by atoms with Crippen LogP contribution in [0.5, 0.6) is 11.5 Å². The third-order valence-electron chi connectivity index (χ3n) is 12.9. The Bertz CT molecular complexity index is 3720. The molecule has 0 saturated heterocycles. The average Bonchev–Trinajstić information content (AvgIpc) is 3.81. The van der Waals surface area contributed by atoms with E-state index in [4.69, 9.17) is 28.8 Å². The summed E-state index contributed by atoms with van der Waals surface area (Å²) in [6.07, 6.45) is 15.0. The maximum absolute atomic E-state index is 6.90. The number of nitrogens with zero attached hydrogens (tertiary/aromatic N) is 5. The number of furan rings is 1. The van der Waals surface area contributed by atoms with Crippen LogP contribution in [0, 0.1) is 0 Å². The molecular formula is C61H39N5O3. The fourth-order valence-electron chi connectivity index (χ4n) is 9.36. The second-order valence-corrected chi connectivity index (χ2v) is 17.2. The van der Waals surface area contributed by atoms with E-state index in [1.807, 2.05) is 97.3 Å². The summed E-state index contributed by atoms with van der Waals surface area (Å²) < 4.78 is 19.9. The zero-order chi connectivity index (χ0) is 45.7. The lowest BCUT2D eigenvalue weighted by Gasteiger charge is -2.34. The van der Waals surface area contributed by atoms with Gasteiger partial charge in [-0.15, -0.1) is 0 Å². The van der Waals surface area contributed by atoms with Gasteiger partial charge in [0.25, 0.3) is 0 Å². The van der Waals surface area contributed by atoms with Gasteiger partial charge in [0, 0.05) is 74.5 Å². The molecule has 8 nitrogen and oxygen atoms in total. The molecule has 4 aromatic heterocycles. The molecule has 0 saturated carbocycles. The highest BCUT2D eigenvalue weighted by atomic mass is 16.6. The van der Waals surface area contributed by atoms with Crippen LogP contribution in [0.2, 0.25) is 0 Å². The predicted octanol–water partition coefficient (Wildman–Crippen LogP) is 14.5. The Labute approximate surface area is 397 Å². The van der Waals surface area contributed by atoms with Gasteiger partial charge in [0.15, 0.2) is 41.2 Å². The zero-order valence-electron chi connectivity index (χ0n) is 37.0. The maximum atomic E-state index is 6.90. The molecule has 0 radical (unpaired) electrons. The Hall–Kier alpha value is -9.27. The molecule has 11 aromatic rings. The van der Waals surface area contributed by atoms with E-state index < -0.39 is 0 Å². The number of rotatable bonds is 8. The molecule has 8 heteroatoms. The minimum absolute atomic E-state index is 0.258. The first-order valence-electron chi connectivity index (χ1n) is 22.9. The van der Waals surface area contributed by atoms with Gasteiger partial charge in [-0.1, -0.05) is 121 Å². The van der Waals surface area contributed by atoms with Crippen LogP contribution in [-0.4, -0.2) is 37.1 Å². The summed E-state index contributed by atoms with van der Waals surface area (Å²) in [6, 6.07) is 60.2. The van der Waals surface area contributed by atoms with Crippen molar-refractivity contribution in [1.29, 1.82) is 0 Å². The molecule has 326 valence electrons. The van der Waals surface area contributed by atoms with Gasteiger partial charge in [-0.25, -0.2) is 15.0 Å². The van der Waals surface area contributed by atoms with Crippen LogP contribution in [0.1, 0.15) is 0 Å². The second-order valence-electron chi connectivity index (χ2n) is 17.2. The number of allylic oxidation sites excluding steroid dienone is 2. The first kappa shape index (κ1) is 40.0. The van der Waals surface area contributed by atoms with Crippen LogP contribution in [0.15, 0.2) is 229 Å². The van der Waals surface area contributed by atoms with Gasteiger partial charge in [-0.2, -0.15) is 0 Å². The standard InChI is InChI=1S/C61H39N5O3/c1-2-10-41(11-3-1)59-64-60(66-61(65-59)43-26-29-54-52(35-43)51-14-4-5-15-53(51)67-54)42-24-20-39(21-25-42)38-18-22-40(23-19-38)49-27-28-50(58-57(49)68-55-16-6-7-17-56(55)69-58)48-33-46(44-12-8-30-62-36-44)32-47(34-48)45-13-9-31-63-37-45/h1-37,55-56H. The molecule has 2 atom stereocenters. The lowest BCUT2D eigenvalue weighted by Crippen LogP contribution is -2.38. The molecule has 0 amide bonds. The first-order chi connectivity index (χ1) is 34.1. The predicted molar refractivity (Wildman–Crippen MR) is 273 cm³/mol. The SMILES string of the molecule is C1=CC2Oc3c(-c4ccc(-c5ccc(-c6nc(-c7ccccc7)nc(-c7ccc8oc9ccccc9c8c7)n6)cc5)cc4)ccc(-c4cc(-c5cccnc5)cc(-c5cccnc5)c4)c3OC2C=C1. The summed E-state index contributed by atoms with van der Waals surface area (Å²) in [6.45, 7) is 0. The Kier molecular flexibility index (Phi) is 9.79. The van der Waals surface area contributed by atoms with E-state index in [1.165, 1.54) is 0 Å². The molecule has 1 aliphatic heterocycles. The van der Waals surface area contributed by atoms with Gasteiger partial charge in [-0.05, 0) is 112 Å². The number of hydrogen-bond donors (Lipinski definition) is 0. The number of para-hydroxylation sites is 1. The number of fused-ring (bicyclic) bond motifs is 5. The van der Waals surface area contributed by atoms with E-state index >= 15 is 0 Å². The molecule has 7 aromatic carbocycles. The largest absolute Gasteiger partial charge is 0.478 e. The van der Waals surface area contributed by atoms with Gasteiger partial charge < -0.3 is 13.9 Å². The third-order valence-corrected chi connectivity index (χ3v) is 12.9. The van der Waals surface area contributed by atoms with Gasteiger partial charge in [0.05, 0.1) is 0 Å². The van der Waals surface area contributed by atoms with Crippen molar-refractivity contribution in [2.24, 2.45) is 0 Å². The van der Waals surface area contributed by atoms with Crippen LogP contribution < -0.4 is 9.47 Å². The Balaban J connectivity index is 0.844. The van der Waals surface area contributed by atoms with Crippen molar-refractivity contribution in [2.45, 2.75) is 12.2 Å². The van der Waals surface area contributed by atoms with Crippen LogP contribution in [-0.2, 0) is 0 Å². The summed E-state index contributed by atoms with van der Waals surface area (Å²) in [4.78, 5) is 23.9. The van der Waals surface area contributed by atoms with E-state index in [-0.39, 0.29) is 12.2 Å². The summed E-state index contributed by atoms with van der Waals surface area (Å²) >= 11 is 0. The van der Waals surface area contributed by atoms with Crippen LogP contribution in [0.25, 0.3) is 112 Å². The summed E-state index contributed by atoms with van der Waals surface area (Å²) in [5, 5.41) is 2.07. The molecule has 0 fully saturated rings. The molecule has 0 spiro atoms. The Morgan fingerprint density at radius 3 is 1.42 bits per heavy atom. The normalized spacial score (nSPS) is 14.8. The highest BCUT2D eigenvalue weighted by Crippen LogP contribution is 2.50. The quantitative estimate of drug-likeness (QED) is 0.149. The highest BCUT2D eigenvalue weighted by Gasteiger charge is 2.33. The van der Waals surface area contributed by atoms with Gasteiger partial charge in [0.1, 0.15) is 11.2 Å². The lowest BCUT2D eigenvalue weighted by atomic mass is 9.91. The number of hydrogen-bond acceptors (Lipinski definition) is 8. The fourth-order valence-corrected chi connectivity index (χ4v) is 9.36. The van der Waals surface area contributed by atoms with Crippen molar-refractivity contribution in [1.82, 2.24) is 24.9 Å². The van der Waals surface area contributed by atoms with E-state index in [2.05, 4.69) is 125 Å². The van der Waals surface area contributed by atoms with E-state index in [9.17, 15) is 0 Å². The van der Waals surface area contributed by atoms with Crippen molar-refractivity contribution >= 4 is 21.9 Å². The number of benzene rings is 7. The van der Waals surface area contributed by atoms with E-state index in [0.29, 0.717) is 29.0 Å². The van der Waals surface area contributed by atoms with Crippen molar-refractivity contribution in [2.75, 3.05) is 0 Å². The summed E-state index contributed by atoms with van der Waals surface area (Å²) in [5.74, 6) is 3.22. The molecule has 2 unspecified atom stereocenters. The smallest absolute Gasteiger partial charge is 0.170 e. The van der Waals surface area contributed by atoms with Crippen molar-refractivity contribution in [3.05, 3.63) is 225 Å². The van der Waals surface area contributed by atoms with Crippen molar-refractivity contribution in [3.8, 4) is 101 Å². The molecule has 0 N–H and O–H groups in total. The van der Waals surface area contributed by atoms with Crippen molar-refractivity contribution in [3.63, 3.8) is 0 Å². The first-order valence-corrected chi connectivity index (χ1v) is 22.9. The number of pyridine rings is 2. The average molecular weight is 890 g/mol. The summed E-state index contributed by atoms with van der Waals surface area (Å²) in [7, 11) is 0.